The molecule has 4 heterocycles. The molecule has 5 heteroatoms. The largest absolute Gasteiger partial charge is 0.334 e. The van der Waals surface area contributed by atoms with Gasteiger partial charge in [0, 0.05) is 67.7 Å². The van der Waals surface area contributed by atoms with Gasteiger partial charge in [0.1, 0.15) is 0 Å². The van der Waals surface area contributed by atoms with Gasteiger partial charge in [-0.1, -0.05) is 204 Å². The van der Waals surface area contributed by atoms with Gasteiger partial charge in [0.15, 0.2) is 0 Å². The summed E-state index contributed by atoms with van der Waals surface area (Å²) < 4.78 is 0. The number of hydrogen-bond donors (Lipinski definition) is 0. The SMILES string of the molecule is CC(C)(C)c1ccc(N2c3ccc(N4c5ccc(C(C)(C)C)cc5C5(C)CCCCC45C)cc3B3c4ccc(C(C)(C)C)cc4N(c4cccc(C(C)(C)C)c4)c4cc(N5c6ccc(C(C)(C)C)cc6C6(C)CCCCC56C)cc2c43)cc1. The molecule has 2 fully saturated rings. The molecule has 6 aliphatic rings. The highest BCUT2D eigenvalue weighted by atomic mass is 15.3. The quantitative estimate of drug-likeness (QED) is 0.163. The van der Waals surface area contributed by atoms with Gasteiger partial charge in [-0.3, -0.25) is 0 Å². The Morgan fingerprint density at radius 3 is 1.27 bits per heavy atom. The highest BCUT2D eigenvalue weighted by Gasteiger charge is 2.60. The summed E-state index contributed by atoms with van der Waals surface area (Å²) in [7, 11) is 0. The first-order chi connectivity index (χ1) is 38.8. The molecule has 4 atom stereocenters. The first-order valence-corrected chi connectivity index (χ1v) is 32.0. The van der Waals surface area contributed by atoms with Crippen molar-refractivity contribution < 1.29 is 0 Å². The average Bonchev–Trinajstić information content (AvgIpc) is 1.89. The Bertz CT molecular complexity index is 3770. The number of fused-ring (bicyclic) bond motifs is 10. The highest BCUT2D eigenvalue weighted by Crippen LogP contribution is 2.64. The van der Waals surface area contributed by atoms with Crippen LogP contribution in [0.1, 0.15) is 222 Å². The van der Waals surface area contributed by atoms with Gasteiger partial charge in [-0.25, -0.2) is 0 Å². The average molecular weight is 1100 g/mol. The smallest absolute Gasteiger partial charge is 0.252 e. The summed E-state index contributed by atoms with van der Waals surface area (Å²) in [6.45, 7) is 45.9. The molecule has 4 aliphatic heterocycles. The zero-order chi connectivity index (χ0) is 59.1. The fraction of sp³-hybridized carbons (Fsp3) is 0.462. The Morgan fingerprint density at radius 2 is 0.747 bits per heavy atom. The van der Waals surface area contributed by atoms with Crippen LogP contribution >= 0.6 is 0 Å². The van der Waals surface area contributed by atoms with Gasteiger partial charge in [-0.2, -0.15) is 0 Å². The Kier molecular flexibility index (Phi) is 12.2. The normalized spacial score (nSPS) is 23.8. The zero-order valence-electron chi connectivity index (χ0n) is 54.2. The molecule has 7 aromatic carbocycles. The topological polar surface area (TPSA) is 13.0 Å². The van der Waals surface area contributed by atoms with E-state index >= 15 is 0 Å². The number of benzene rings is 7. The Morgan fingerprint density at radius 1 is 0.325 bits per heavy atom. The van der Waals surface area contributed by atoms with Crippen molar-refractivity contribution in [2.24, 2.45) is 0 Å². The molecule has 2 aliphatic carbocycles. The maximum Gasteiger partial charge on any atom is 0.252 e. The zero-order valence-corrected chi connectivity index (χ0v) is 54.2. The second-order valence-electron chi connectivity index (χ2n) is 32.6. The van der Waals surface area contributed by atoms with E-state index in [-0.39, 0.29) is 55.7 Å². The molecule has 13 rings (SSSR count). The van der Waals surface area contributed by atoms with Crippen molar-refractivity contribution in [1.82, 2.24) is 0 Å². The van der Waals surface area contributed by atoms with Crippen molar-refractivity contribution in [3.63, 3.8) is 0 Å². The molecular weight excluding hydrogens is 1000 g/mol. The predicted octanol–water partition coefficient (Wildman–Crippen LogP) is 19.7. The summed E-state index contributed by atoms with van der Waals surface area (Å²) in [6.07, 6.45) is 9.62. The van der Waals surface area contributed by atoms with Gasteiger partial charge in [0.2, 0.25) is 0 Å². The molecule has 0 N–H and O–H groups in total. The van der Waals surface area contributed by atoms with Crippen molar-refractivity contribution in [2.75, 3.05) is 19.6 Å². The fourth-order valence-electron chi connectivity index (χ4n) is 16.7. The van der Waals surface area contributed by atoms with Crippen LogP contribution in [0.3, 0.4) is 0 Å². The molecule has 0 saturated heterocycles. The molecule has 0 amide bonds. The first-order valence-electron chi connectivity index (χ1n) is 32.0. The van der Waals surface area contributed by atoms with E-state index in [1.165, 1.54) is 151 Å². The summed E-state index contributed by atoms with van der Waals surface area (Å²) in [6, 6.07) is 54.8. The minimum absolute atomic E-state index is 0.00515. The first kappa shape index (κ1) is 56.0. The summed E-state index contributed by atoms with van der Waals surface area (Å²) >= 11 is 0. The van der Waals surface area contributed by atoms with E-state index in [4.69, 9.17) is 0 Å². The van der Waals surface area contributed by atoms with Crippen LogP contribution in [-0.2, 0) is 37.9 Å². The summed E-state index contributed by atoms with van der Waals surface area (Å²) in [4.78, 5) is 11.1. The number of hydrogen-bond acceptors (Lipinski definition) is 4. The van der Waals surface area contributed by atoms with Crippen molar-refractivity contribution in [2.45, 2.75) is 232 Å². The van der Waals surface area contributed by atoms with Gasteiger partial charge in [-0.15, -0.1) is 0 Å². The van der Waals surface area contributed by atoms with E-state index in [9.17, 15) is 0 Å². The maximum atomic E-state index is 2.85. The molecule has 7 aromatic rings. The minimum atomic E-state index is -0.155. The number of rotatable bonds is 4. The molecule has 0 aromatic heterocycles. The van der Waals surface area contributed by atoms with Crippen LogP contribution in [0.2, 0.25) is 0 Å². The van der Waals surface area contributed by atoms with E-state index < -0.39 is 0 Å². The van der Waals surface area contributed by atoms with Crippen molar-refractivity contribution in [3.05, 3.63) is 172 Å². The predicted molar refractivity (Wildman–Crippen MR) is 360 cm³/mol. The monoisotopic (exact) mass is 1100 g/mol. The fourth-order valence-corrected chi connectivity index (χ4v) is 16.7. The Hall–Kier alpha value is -6.20. The molecule has 430 valence electrons. The maximum absolute atomic E-state index is 2.85. The van der Waals surface area contributed by atoms with Crippen LogP contribution in [0.5, 0.6) is 0 Å². The molecule has 0 radical (unpaired) electrons. The number of anilines is 10. The van der Waals surface area contributed by atoms with Gasteiger partial charge in [-0.05, 0) is 195 Å². The Labute approximate surface area is 501 Å². The van der Waals surface area contributed by atoms with E-state index in [1.54, 1.807) is 0 Å². The van der Waals surface area contributed by atoms with E-state index in [0.717, 1.165) is 12.8 Å². The van der Waals surface area contributed by atoms with Crippen LogP contribution < -0.4 is 36.0 Å². The van der Waals surface area contributed by atoms with Crippen LogP contribution in [0.15, 0.2) is 133 Å². The lowest BCUT2D eigenvalue weighted by Crippen LogP contribution is -2.62. The molecule has 0 bridgehead atoms. The second kappa shape index (κ2) is 18.2. The lowest BCUT2D eigenvalue weighted by atomic mass is 9.33. The van der Waals surface area contributed by atoms with Gasteiger partial charge in [0.25, 0.3) is 6.71 Å². The van der Waals surface area contributed by atoms with Crippen molar-refractivity contribution in [1.29, 1.82) is 0 Å². The molecular formula is C78H95BN4. The number of nitrogens with zero attached hydrogens (tertiary/aromatic N) is 4. The summed E-state index contributed by atoms with van der Waals surface area (Å²) in [5.41, 5.74) is 26.5. The minimum Gasteiger partial charge on any atom is -0.334 e. The summed E-state index contributed by atoms with van der Waals surface area (Å²) in [5, 5.41) is 0. The summed E-state index contributed by atoms with van der Waals surface area (Å²) in [5.74, 6) is 0. The molecule has 0 spiro atoms. The van der Waals surface area contributed by atoms with E-state index in [1.807, 2.05) is 0 Å². The van der Waals surface area contributed by atoms with Gasteiger partial charge in [0.05, 0.1) is 11.1 Å². The van der Waals surface area contributed by atoms with Gasteiger partial charge >= 0.3 is 0 Å². The highest BCUT2D eigenvalue weighted by molar-refractivity contribution is 7.00. The van der Waals surface area contributed by atoms with E-state index in [2.05, 4.69) is 285 Å². The standard InChI is InChI=1S/C78H95BN4/c1-70(2,3)50-27-32-55(33-28-50)80-65-38-34-57(82-63-36-30-52(72(7,8)9)44-59(63)75(16)39-20-22-41-77(75,82)18)47-62(65)79-61-35-29-54(74(13,14)15)46-66(61)81(56-26-24-25-51(43-56)71(4,5)6)68-49-58(48-67(80)69(68)79)83-64-37-31-53(73(10,11)12)45-60(64)76(17)40-21-23-42-78(76,83)19/h24-38,43-49H,20-23,39-42H2,1-19H3. The Balaban J connectivity index is 1.14. The van der Waals surface area contributed by atoms with Gasteiger partial charge < -0.3 is 19.6 Å². The van der Waals surface area contributed by atoms with E-state index in [0.29, 0.717) is 0 Å². The lowest BCUT2D eigenvalue weighted by Gasteiger charge is -2.51. The van der Waals surface area contributed by atoms with Crippen LogP contribution in [0, 0.1) is 0 Å². The molecule has 83 heavy (non-hydrogen) atoms. The third-order valence-corrected chi connectivity index (χ3v) is 22.3. The molecule has 2 saturated carbocycles. The lowest BCUT2D eigenvalue weighted by molar-refractivity contribution is 0.195. The third-order valence-electron chi connectivity index (χ3n) is 22.3. The van der Waals surface area contributed by atoms with Crippen LogP contribution in [0.25, 0.3) is 0 Å². The second-order valence-corrected chi connectivity index (χ2v) is 32.6. The van der Waals surface area contributed by atoms with Crippen molar-refractivity contribution in [3.8, 4) is 0 Å². The van der Waals surface area contributed by atoms with Crippen LogP contribution in [-0.4, -0.2) is 17.8 Å². The molecule has 4 nitrogen and oxygen atoms in total. The molecule has 4 unspecified atom stereocenters. The third kappa shape index (κ3) is 8.24. The van der Waals surface area contributed by atoms with Crippen molar-refractivity contribution >= 4 is 80.0 Å². The van der Waals surface area contributed by atoms with Crippen LogP contribution in [0.4, 0.5) is 56.9 Å².